The Morgan fingerprint density at radius 2 is 1.92 bits per heavy atom. The Kier molecular flexibility index (Phi) is 3.34. The second kappa shape index (κ2) is 4.12. The highest BCUT2D eigenvalue weighted by atomic mass is 16.4. The van der Waals surface area contributed by atoms with Gasteiger partial charge in [-0.05, 0) is 25.2 Å². The van der Waals surface area contributed by atoms with Crippen LogP contribution in [0.5, 0.6) is 0 Å². The zero-order chi connectivity index (χ0) is 9.90. The van der Waals surface area contributed by atoms with Crippen molar-refractivity contribution < 1.29 is 9.90 Å². The molecule has 2 heteroatoms. The van der Waals surface area contributed by atoms with Crippen molar-refractivity contribution in [2.75, 3.05) is 0 Å². The third-order valence-electron chi connectivity index (χ3n) is 3.71. The normalized spacial score (nSPS) is 18.3. The molecule has 76 valence electrons. The quantitative estimate of drug-likeness (QED) is 0.713. The van der Waals surface area contributed by atoms with Gasteiger partial charge in [-0.3, -0.25) is 4.79 Å². The van der Waals surface area contributed by atoms with Crippen LogP contribution in [0.15, 0.2) is 0 Å². The van der Waals surface area contributed by atoms with Crippen LogP contribution in [0.2, 0.25) is 0 Å². The molecule has 0 aromatic heterocycles. The van der Waals surface area contributed by atoms with Crippen LogP contribution in [0.1, 0.15) is 52.4 Å². The fraction of sp³-hybridized carbons (Fsp3) is 0.909. The number of carboxylic acids is 1. The van der Waals surface area contributed by atoms with Crippen molar-refractivity contribution in [1.29, 1.82) is 0 Å². The summed E-state index contributed by atoms with van der Waals surface area (Å²) in [6, 6.07) is 0. The Bertz CT molecular complexity index is 179. The average molecular weight is 184 g/mol. The van der Waals surface area contributed by atoms with Gasteiger partial charge in [-0.1, -0.05) is 33.1 Å². The first-order chi connectivity index (χ1) is 6.14. The van der Waals surface area contributed by atoms with Crippen LogP contribution in [0, 0.1) is 11.3 Å². The van der Waals surface area contributed by atoms with E-state index in [0.717, 1.165) is 19.3 Å². The summed E-state index contributed by atoms with van der Waals surface area (Å²) < 4.78 is 0. The van der Waals surface area contributed by atoms with E-state index in [0.29, 0.717) is 5.92 Å². The number of rotatable bonds is 5. The van der Waals surface area contributed by atoms with Crippen molar-refractivity contribution in [3.8, 4) is 0 Å². The van der Waals surface area contributed by atoms with Gasteiger partial charge in [-0.25, -0.2) is 0 Å². The Hall–Kier alpha value is -0.530. The van der Waals surface area contributed by atoms with Crippen LogP contribution in [0.25, 0.3) is 0 Å². The number of hydrogen-bond acceptors (Lipinski definition) is 1. The maximum atomic E-state index is 11.2. The third kappa shape index (κ3) is 2.04. The maximum Gasteiger partial charge on any atom is 0.309 e. The molecule has 1 aliphatic rings. The Balaban J connectivity index is 2.58. The lowest BCUT2D eigenvalue weighted by atomic mass is 9.69. The van der Waals surface area contributed by atoms with Gasteiger partial charge in [0, 0.05) is 0 Å². The Morgan fingerprint density at radius 1 is 1.38 bits per heavy atom. The molecule has 0 aromatic rings. The molecule has 0 saturated heterocycles. The summed E-state index contributed by atoms with van der Waals surface area (Å²) in [6.07, 6.45) is 6.23. The zero-order valence-corrected chi connectivity index (χ0v) is 8.68. The summed E-state index contributed by atoms with van der Waals surface area (Å²) in [4.78, 5) is 11.2. The Morgan fingerprint density at radius 3 is 2.15 bits per heavy atom. The summed E-state index contributed by atoms with van der Waals surface area (Å²) in [5.74, 6) is 0.0976. The summed E-state index contributed by atoms with van der Waals surface area (Å²) in [6.45, 7) is 3.99. The topological polar surface area (TPSA) is 37.3 Å². The predicted molar refractivity (Wildman–Crippen MR) is 52.6 cm³/mol. The van der Waals surface area contributed by atoms with Gasteiger partial charge in [0.15, 0.2) is 0 Å². The standard InChI is InChI=1S/C11H20O2/c1-3-11(4-2,10(12)13)8-9-6-5-7-9/h9H,3-8H2,1-2H3,(H,12,13). The van der Waals surface area contributed by atoms with E-state index in [1.807, 2.05) is 13.8 Å². The first-order valence-corrected chi connectivity index (χ1v) is 5.38. The van der Waals surface area contributed by atoms with Crippen molar-refractivity contribution in [1.82, 2.24) is 0 Å². The van der Waals surface area contributed by atoms with Gasteiger partial charge in [0.2, 0.25) is 0 Å². The lowest BCUT2D eigenvalue weighted by molar-refractivity contribution is -0.151. The molecular weight excluding hydrogens is 164 g/mol. The van der Waals surface area contributed by atoms with E-state index in [9.17, 15) is 9.90 Å². The predicted octanol–water partition coefficient (Wildman–Crippen LogP) is 3.07. The minimum absolute atomic E-state index is 0.426. The molecule has 0 heterocycles. The van der Waals surface area contributed by atoms with Crippen molar-refractivity contribution >= 4 is 5.97 Å². The van der Waals surface area contributed by atoms with E-state index < -0.39 is 11.4 Å². The Labute approximate surface area is 80.3 Å². The molecular formula is C11H20O2. The molecule has 0 unspecified atom stereocenters. The zero-order valence-electron chi connectivity index (χ0n) is 8.68. The molecule has 1 fully saturated rings. The molecule has 0 amide bonds. The van der Waals surface area contributed by atoms with Gasteiger partial charge in [0.1, 0.15) is 0 Å². The second-order valence-corrected chi connectivity index (χ2v) is 4.29. The van der Waals surface area contributed by atoms with Crippen LogP contribution in [-0.2, 0) is 4.79 Å². The highest BCUT2D eigenvalue weighted by molar-refractivity contribution is 5.74. The molecule has 13 heavy (non-hydrogen) atoms. The third-order valence-corrected chi connectivity index (χ3v) is 3.71. The number of aliphatic carboxylic acids is 1. The van der Waals surface area contributed by atoms with Gasteiger partial charge < -0.3 is 5.11 Å². The molecule has 0 radical (unpaired) electrons. The molecule has 0 bridgehead atoms. The van der Waals surface area contributed by atoms with Crippen LogP contribution in [-0.4, -0.2) is 11.1 Å². The molecule has 0 aliphatic heterocycles. The van der Waals surface area contributed by atoms with Gasteiger partial charge in [-0.2, -0.15) is 0 Å². The van der Waals surface area contributed by atoms with E-state index in [2.05, 4.69) is 0 Å². The minimum atomic E-state index is -0.593. The van der Waals surface area contributed by atoms with Crippen molar-refractivity contribution in [2.45, 2.75) is 52.4 Å². The van der Waals surface area contributed by atoms with Crippen molar-refractivity contribution in [3.05, 3.63) is 0 Å². The average Bonchev–Trinajstić information content (AvgIpc) is 2.04. The summed E-state index contributed by atoms with van der Waals surface area (Å²) in [7, 11) is 0. The highest BCUT2D eigenvalue weighted by Gasteiger charge is 2.38. The van der Waals surface area contributed by atoms with Crippen molar-refractivity contribution in [3.63, 3.8) is 0 Å². The SMILES string of the molecule is CCC(CC)(CC1CCC1)C(=O)O. The van der Waals surface area contributed by atoms with Gasteiger partial charge in [-0.15, -0.1) is 0 Å². The molecule has 1 aliphatic carbocycles. The minimum Gasteiger partial charge on any atom is -0.481 e. The van der Waals surface area contributed by atoms with Crippen LogP contribution >= 0.6 is 0 Å². The molecule has 0 spiro atoms. The lowest BCUT2D eigenvalue weighted by Gasteiger charge is -2.35. The molecule has 1 rings (SSSR count). The van der Waals surface area contributed by atoms with E-state index in [-0.39, 0.29) is 0 Å². The molecule has 2 nitrogen and oxygen atoms in total. The molecule has 1 N–H and O–H groups in total. The van der Waals surface area contributed by atoms with E-state index >= 15 is 0 Å². The largest absolute Gasteiger partial charge is 0.481 e. The van der Waals surface area contributed by atoms with Gasteiger partial charge in [0.05, 0.1) is 5.41 Å². The number of hydrogen-bond donors (Lipinski definition) is 1. The fourth-order valence-corrected chi connectivity index (χ4v) is 2.18. The summed E-state index contributed by atoms with van der Waals surface area (Å²) in [5.41, 5.74) is -0.426. The maximum absolute atomic E-state index is 11.2. The lowest BCUT2D eigenvalue weighted by Crippen LogP contribution is -2.33. The number of carbonyl (C=O) groups is 1. The van der Waals surface area contributed by atoms with E-state index in [1.54, 1.807) is 0 Å². The first kappa shape index (κ1) is 10.6. The summed E-state index contributed by atoms with van der Waals surface area (Å²) >= 11 is 0. The van der Waals surface area contributed by atoms with Gasteiger partial charge >= 0.3 is 5.97 Å². The van der Waals surface area contributed by atoms with Crippen LogP contribution < -0.4 is 0 Å². The van der Waals surface area contributed by atoms with Crippen LogP contribution in [0.3, 0.4) is 0 Å². The van der Waals surface area contributed by atoms with Crippen molar-refractivity contribution in [2.24, 2.45) is 11.3 Å². The highest BCUT2D eigenvalue weighted by Crippen LogP contribution is 2.41. The molecule has 0 aromatic carbocycles. The fourth-order valence-electron chi connectivity index (χ4n) is 2.18. The van der Waals surface area contributed by atoms with E-state index in [1.165, 1.54) is 19.3 Å². The summed E-state index contributed by atoms with van der Waals surface area (Å²) in [5, 5.41) is 9.19. The number of carboxylic acid groups (broad SMARTS) is 1. The second-order valence-electron chi connectivity index (χ2n) is 4.29. The van der Waals surface area contributed by atoms with E-state index in [4.69, 9.17) is 0 Å². The molecule has 0 atom stereocenters. The monoisotopic (exact) mass is 184 g/mol. The first-order valence-electron chi connectivity index (χ1n) is 5.38. The van der Waals surface area contributed by atoms with Gasteiger partial charge in [0.25, 0.3) is 0 Å². The molecule has 1 saturated carbocycles. The smallest absolute Gasteiger partial charge is 0.309 e. The van der Waals surface area contributed by atoms with Crippen LogP contribution in [0.4, 0.5) is 0 Å².